The van der Waals surface area contributed by atoms with Gasteiger partial charge in [-0.3, -0.25) is 9.10 Å². The fourth-order valence-corrected chi connectivity index (χ4v) is 4.60. The molecule has 0 saturated carbocycles. The molecule has 0 radical (unpaired) electrons. The van der Waals surface area contributed by atoms with E-state index in [1.165, 1.54) is 62.6 Å². The normalized spacial score (nSPS) is 11.3. The molecule has 0 atom stereocenters. The Morgan fingerprint density at radius 1 is 1.03 bits per heavy atom. The Hall–Kier alpha value is -3.47. The summed E-state index contributed by atoms with van der Waals surface area (Å²) in [6.45, 7) is 1.75. The number of amides is 1. The van der Waals surface area contributed by atoms with Crippen LogP contribution in [-0.2, 0) is 21.5 Å². The number of hydrogen-bond acceptors (Lipinski definition) is 5. The highest BCUT2D eigenvalue weighted by atomic mass is 35.5. The van der Waals surface area contributed by atoms with Crippen molar-refractivity contribution in [2.45, 2.75) is 13.5 Å². The molecule has 3 rings (SSSR count). The molecule has 3 aromatic rings. The number of ether oxygens (including phenoxy) is 1. The largest absolute Gasteiger partial charge is 0.462 e. The third kappa shape index (κ3) is 6.20. The Kier molecular flexibility index (Phi) is 8.67. The Balaban J connectivity index is 1.78. The first-order chi connectivity index (χ1) is 17.0. The van der Waals surface area contributed by atoms with Crippen LogP contribution in [0.4, 0.5) is 15.8 Å². The number of rotatable bonds is 9. The molecule has 36 heavy (non-hydrogen) atoms. The monoisotopic (exact) mass is 533 g/mol. The van der Waals surface area contributed by atoms with E-state index < -0.39 is 27.9 Å². The molecule has 8 nitrogen and oxygen atoms in total. The van der Waals surface area contributed by atoms with Gasteiger partial charge in [-0.1, -0.05) is 35.9 Å². The number of carbonyl (C=O) groups is 2. The zero-order chi connectivity index (χ0) is 26.5. The van der Waals surface area contributed by atoms with Gasteiger partial charge < -0.3 is 10.1 Å². The van der Waals surface area contributed by atoms with E-state index in [-0.39, 0.29) is 29.4 Å². The van der Waals surface area contributed by atoms with Gasteiger partial charge in [-0.15, -0.1) is 0 Å². The van der Waals surface area contributed by atoms with Crippen LogP contribution in [0.25, 0.3) is 0 Å². The molecule has 0 aromatic heterocycles. The highest BCUT2D eigenvalue weighted by Crippen LogP contribution is 2.26. The van der Waals surface area contributed by atoms with E-state index in [4.69, 9.17) is 16.3 Å². The van der Waals surface area contributed by atoms with Gasteiger partial charge in [0, 0.05) is 25.3 Å². The molecule has 0 heterocycles. The van der Waals surface area contributed by atoms with Gasteiger partial charge in [0.2, 0.25) is 0 Å². The first-order valence-electron chi connectivity index (χ1n) is 10.9. The molecular weight excluding hydrogens is 509 g/mol. The smallest absolute Gasteiger partial charge is 0.339 e. The third-order valence-electron chi connectivity index (χ3n) is 5.13. The first kappa shape index (κ1) is 27.1. The van der Waals surface area contributed by atoms with Crippen molar-refractivity contribution < 1.29 is 27.1 Å². The molecule has 0 unspecified atom stereocenters. The van der Waals surface area contributed by atoms with Crippen molar-refractivity contribution in [3.63, 3.8) is 0 Å². The lowest BCUT2D eigenvalue weighted by atomic mass is 10.1. The van der Waals surface area contributed by atoms with Gasteiger partial charge in [-0.2, -0.15) is 12.7 Å². The predicted octanol–water partition coefficient (Wildman–Crippen LogP) is 4.72. The lowest BCUT2D eigenvalue weighted by Crippen LogP contribution is -2.40. The number of hydrogen-bond donors (Lipinski definition) is 1. The lowest BCUT2D eigenvalue weighted by Gasteiger charge is -2.27. The maximum absolute atomic E-state index is 14.4. The number of nitrogens with one attached hydrogen (secondary N) is 1. The molecule has 1 N–H and O–H groups in total. The molecule has 0 aliphatic carbocycles. The molecule has 0 aliphatic heterocycles. The van der Waals surface area contributed by atoms with Crippen molar-refractivity contribution in [3.05, 3.63) is 94.3 Å². The average Bonchev–Trinajstić information content (AvgIpc) is 2.83. The van der Waals surface area contributed by atoms with Crippen molar-refractivity contribution in [2.24, 2.45) is 0 Å². The van der Waals surface area contributed by atoms with Crippen molar-refractivity contribution in [2.75, 3.05) is 30.3 Å². The van der Waals surface area contributed by atoms with Gasteiger partial charge in [-0.05, 0) is 55.0 Å². The maximum Gasteiger partial charge on any atom is 0.339 e. The van der Waals surface area contributed by atoms with Gasteiger partial charge in [0.1, 0.15) is 5.82 Å². The molecule has 1 amide bonds. The number of esters is 1. The molecule has 3 aromatic carbocycles. The fraction of sp³-hybridized carbons (Fsp3) is 0.200. The van der Waals surface area contributed by atoms with Crippen LogP contribution in [0.15, 0.2) is 66.7 Å². The minimum absolute atomic E-state index is 0.0869. The Morgan fingerprint density at radius 2 is 1.69 bits per heavy atom. The molecule has 0 aliphatic rings. The van der Waals surface area contributed by atoms with Crippen LogP contribution in [0.1, 0.15) is 33.2 Å². The van der Waals surface area contributed by atoms with Crippen molar-refractivity contribution in [3.8, 4) is 0 Å². The molecule has 0 bridgehead atoms. The predicted molar refractivity (Wildman–Crippen MR) is 137 cm³/mol. The first-order valence-corrected chi connectivity index (χ1v) is 12.6. The number of carbonyl (C=O) groups excluding carboxylic acids is 2. The van der Waals surface area contributed by atoms with Crippen LogP contribution in [-0.4, -0.2) is 45.3 Å². The van der Waals surface area contributed by atoms with Crippen LogP contribution < -0.4 is 9.62 Å². The second kappa shape index (κ2) is 11.5. The molecule has 0 saturated heterocycles. The number of nitrogens with zero attached hydrogens (tertiary/aromatic N) is 2. The van der Waals surface area contributed by atoms with E-state index in [0.717, 1.165) is 8.61 Å². The summed E-state index contributed by atoms with van der Waals surface area (Å²) in [5.74, 6) is -1.67. The van der Waals surface area contributed by atoms with Crippen LogP contribution in [0, 0.1) is 5.82 Å². The van der Waals surface area contributed by atoms with E-state index in [0.29, 0.717) is 16.8 Å². The minimum Gasteiger partial charge on any atom is -0.462 e. The van der Waals surface area contributed by atoms with Gasteiger partial charge in [-0.25, -0.2) is 9.18 Å². The van der Waals surface area contributed by atoms with Gasteiger partial charge in [0.25, 0.3) is 5.91 Å². The highest BCUT2D eigenvalue weighted by molar-refractivity contribution is 7.90. The van der Waals surface area contributed by atoms with E-state index in [2.05, 4.69) is 5.32 Å². The summed E-state index contributed by atoms with van der Waals surface area (Å²) in [6.07, 6.45) is 0. The highest BCUT2D eigenvalue weighted by Gasteiger charge is 2.27. The van der Waals surface area contributed by atoms with Crippen LogP contribution in [0.3, 0.4) is 0 Å². The van der Waals surface area contributed by atoms with Crippen molar-refractivity contribution >= 4 is 45.1 Å². The second-order valence-electron chi connectivity index (χ2n) is 7.81. The van der Waals surface area contributed by atoms with E-state index in [1.807, 2.05) is 0 Å². The minimum atomic E-state index is -4.00. The number of anilines is 2. The summed E-state index contributed by atoms with van der Waals surface area (Å²) < 4.78 is 47.1. The van der Waals surface area contributed by atoms with Crippen molar-refractivity contribution in [1.82, 2.24) is 4.31 Å². The Bertz CT molecular complexity index is 1360. The van der Waals surface area contributed by atoms with Gasteiger partial charge in [0.15, 0.2) is 0 Å². The van der Waals surface area contributed by atoms with E-state index in [9.17, 15) is 22.4 Å². The number of halogens is 2. The van der Waals surface area contributed by atoms with Gasteiger partial charge >= 0.3 is 16.2 Å². The van der Waals surface area contributed by atoms with Crippen LogP contribution in [0.5, 0.6) is 0 Å². The van der Waals surface area contributed by atoms with Gasteiger partial charge in [0.05, 0.1) is 29.4 Å². The van der Waals surface area contributed by atoms with Crippen LogP contribution >= 0.6 is 11.6 Å². The molecule has 0 spiro atoms. The zero-order valence-electron chi connectivity index (χ0n) is 19.9. The SMILES string of the molecule is CCOC(=O)c1ccc(NC(=O)c2ccc(CN(c3ccccc3F)S(=O)(=O)N(C)C)cc2)cc1Cl. The summed E-state index contributed by atoms with van der Waals surface area (Å²) in [4.78, 5) is 24.6. The quantitative estimate of drug-likeness (QED) is 0.401. The maximum atomic E-state index is 14.4. The average molecular weight is 534 g/mol. The van der Waals surface area contributed by atoms with E-state index >= 15 is 0 Å². The molecule has 190 valence electrons. The molecule has 11 heteroatoms. The third-order valence-corrected chi connectivity index (χ3v) is 7.24. The van der Waals surface area contributed by atoms with Crippen molar-refractivity contribution in [1.29, 1.82) is 0 Å². The fourth-order valence-electron chi connectivity index (χ4n) is 3.24. The Morgan fingerprint density at radius 3 is 2.28 bits per heavy atom. The standard InChI is InChI=1S/C25H25ClFN3O5S/c1-4-35-25(32)20-14-13-19(15-21(20)26)28-24(31)18-11-9-17(10-12-18)16-30(36(33,34)29(2)3)23-8-6-5-7-22(23)27/h5-15H,4,16H2,1-3H3,(H,28,31). The molecule has 0 fully saturated rings. The summed E-state index contributed by atoms with van der Waals surface area (Å²) >= 11 is 6.14. The van der Waals surface area contributed by atoms with Crippen LogP contribution in [0.2, 0.25) is 5.02 Å². The summed E-state index contributed by atoms with van der Waals surface area (Å²) in [5, 5.41) is 2.83. The summed E-state index contributed by atoms with van der Waals surface area (Å²) in [6, 6.07) is 16.3. The lowest BCUT2D eigenvalue weighted by molar-refractivity contribution is 0.0526. The molecular formula is C25H25ClFN3O5S. The number of benzene rings is 3. The van der Waals surface area contributed by atoms with E-state index in [1.54, 1.807) is 25.1 Å². The topological polar surface area (TPSA) is 96.0 Å². The Labute approximate surface area is 214 Å². The summed E-state index contributed by atoms with van der Waals surface area (Å²) in [5.41, 5.74) is 1.33. The summed E-state index contributed by atoms with van der Waals surface area (Å²) in [7, 11) is -1.27. The second-order valence-corrected chi connectivity index (χ2v) is 10.3. The number of para-hydroxylation sites is 1. The zero-order valence-corrected chi connectivity index (χ0v) is 21.4.